The summed E-state index contributed by atoms with van der Waals surface area (Å²) in [5, 5.41) is 21.0. The minimum absolute atomic E-state index is 0.0205. The molecule has 3 atom stereocenters. The molecular weight excluding hydrogens is 484 g/mol. The second-order valence-electron chi connectivity index (χ2n) is 10.3. The maximum Gasteiger partial charge on any atom is 0.303 e. The second kappa shape index (κ2) is 14.4. The first-order valence-corrected chi connectivity index (χ1v) is 13.8. The fourth-order valence-corrected chi connectivity index (χ4v) is 5.11. The molecule has 2 aromatic rings. The highest BCUT2D eigenvalue weighted by molar-refractivity contribution is 5.75. The van der Waals surface area contributed by atoms with E-state index in [0.717, 1.165) is 48.3 Å². The predicted molar refractivity (Wildman–Crippen MR) is 143 cm³/mol. The summed E-state index contributed by atoms with van der Waals surface area (Å²) in [7, 11) is 0. The van der Waals surface area contributed by atoms with Gasteiger partial charge >= 0.3 is 5.97 Å². The third-order valence-corrected chi connectivity index (χ3v) is 7.31. The highest BCUT2D eigenvalue weighted by atomic mass is 16.7. The van der Waals surface area contributed by atoms with E-state index in [1.165, 1.54) is 19.3 Å². The van der Waals surface area contributed by atoms with Gasteiger partial charge in [-0.3, -0.25) is 9.59 Å². The van der Waals surface area contributed by atoms with Gasteiger partial charge in [-0.15, -0.1) is 0 Å². The Morgan fingerprint density at radius 2 is 1.53 bits per heavy atom. The Balaban J connectivity index is 1.36. The molecule has 8 nitrogen and oxygen atoms in total. The van der Waals surface area contributed by atoms with Crippen LogP contribution in [0.3, 0.4) is 0 Å². The van der Waals surface area contributed by atoms with E-state index in [-0.39, 0.29) is 31.1 Å². The Hall–Kier alpha value is -2.78. The molecule has 0 bridgehead atoms. The topological polar surface area (TPSA) is 108 Å². The predicted octanol–water partition coefficient (Wildman–Crippen LogP) is 4.47. The van der Waals surface area contributed by atoms with Crippen LogP contribution in [0, 0.1) is 0 Å². The number of piperidine rings is 1. The van der Waals surface area contributed by atoms with Crippen LogP contribution in [-0.2, 0) is 32.2 Å². The van der Waals surface area contributed by atoms with Crippen molar-refractivity contribution in [3.63, 3.8) is 0 Å². The maximum atomic E-state index is 12.1. The number of likely N-dealkylation sites (tertiary alicyclic amines) is 1. The van der Waals surface area contributed by atoms with Crippen LogP contribution in [0.4, 0.5) is 0 Å². The average Bonchev–Trinajstić information content (AvgIpc) is 2.95. The molecule has 0 saturated carbocycles. The molecule has 0 aliphatic carbocycles. The molecule has 0 aromatic heterocycles. The third kappa shape index (κ3) is 8.63. The van der Waals surface area contributed by atoms with Gasteiger partial charge in [0.1, 0.15) is 0 Å². The monoisotopic (exact) mass is 524 g/mol. The van der Waals surface area contributed by atoms with Crippen LogP contribution in [0.5, 0.6) is 0 Å². The second-order valence-corrected chi connectivity index (χ2v) is 10.3. The first-order chi connectivity index (χ1) is 18.5. The van der Waals surface area contributed by atoms with Gasteiger partial charge in [0.15, 0.2) is 6.29 Å². The van der Waals surface area contributed by atoms with Crippen LogP contribution in [0.25, 0.3) is 0 Å². The van der Waals surface area contributed by atoms with E-state index in [1.54, 1.807) is 0 Å². The zero-order valence-electron chi connectivity index (χ0n) is 22.0. The highest BCUT2D eigenvalue weighted by Gasteiger charge is 2.33. The van der Waals surface area contributed by atoms with Crippen molar-refractivity contribution < 1.29 is 29.3 Å². The molecule has 2 aliphatic rings. The Bertz CT molecular complexity index is 1020. The van der Waals surface area contributed by atoms with Crippen LogP contribution < -0.4 is 5.32 Å². The molecule has 3 unspecified atom stereocenters. The van der Waals surface area contributed by atoms with Gasteiger partial charge in [-0.25, -0.2) is 0 Å². The normalized spacial score (nSPS) is 22.2. The summed E-state index contributed by atoms with van der Waals surface area (Å²) in [4.78, 5) is 25.2. The number of amides is 1. The minimum atomic E-state index is -0.833. The lowest BCUT2D eigenvalue weighted by Crippen LogP contribution is -2.41. The molecule has 2 saturated heterocycles. The van der Waals surface area contributed by atoms with E-state index in [1.807, 2.05) is 48.5 Å². The lowest BCUT2D eigenvalue weighted by Gasteiger charge is -2.39. The van der Waals surface area contributed by atoms with Crippen molar-refractivity contribution in [3.8, 4) is 0 Å². The molecule has 0 spiro atoms. The number of aliphatic hydroxyl groups is 1. The van der Waals surface area contributed by atoms with Crippen molar-refractivity contribution in [1.82, 2.24) is 10.2 Å². The van der Waals surface area contributed by atoms with E-state index < -0.39 is 12.3 Å². The Morgan fingerprint density at radius 1 is 0.868 bits per heavy atom. The average molecular weight is 525 g/mol. The summed E-state index contributed by atoms with van der Waals surface area (Å²) in [6.07, 6.45) is 5.50. The van der Waals surface area contributed by atoms with Gasteiger partial charge in [-0.05, 0) is 55.5 Å². The van der Waals surface area contributed by atoms with E-state index >= 15 is 0 Å². The first kappa shape index (κ1) is 28.2. The molecule has 38 heavy (non-hydrogen) atoms. The van der Waals surface area contributed by atoms with Crippen molar-refractivity contribution in [1.29, 1.82) is 0 Å². The number of carboxylic acids is 1. The summed E-state index contributed by atoms with van der Waals surface area (Å²) in [5.74, 6) is -0.908. The van der Waals surface area contributed by atoms with Crippen LogP contribution in [-0.4, -0.2) is 52.7 Å². The molecule has 2 aliphatic heterocycles. The van der Waals surface area contributed by atoms with Crippen LogP contribution in [0.15, 0.2) is 48.5 Å². The number of carbonyl (C=O) groups is 2. The number of unbranched alkanes of at least 4 members (excludes halogenated alkanes) is 1. The molecule has 2 heterocycles. The van der Waals surface area contributed by atoms with Crippen molar-refractivity contribution in [2.24, 2.45) is 0 Å². The number of carboxylic acid groups (broad SMARTS) is 1. The van der Waals surface area contributed by atoms with Gasteiger partial charge in [-0.1, -0.05) is 55.0 Å². The summed E-state index contributed by atoms with van der Waals surface area (Å²) in [6.45, 7) is 3.55. The number of benzene rings is 2. The zero-order chi connectivity index (χ0) is 26.7. The van der Waals surface area contributed by atoms with E-state index in [9.17, 15) is 14.7 Å². The molecule has 0 radical (unpaired) electrons. The van der Waals surface area contributed by atoms with Gasteiger partial charge in [0.05, 0.1) is 18.8 Å². The lowest BCUT2D eigenvalue weighted by atomic mass is 9.99. The number of aliphatic hydroxyl groups excluding tert-OH is 1. The molecule has 1 amide bonds. The van der Waals surface area contributed by atoms with E-state index in [4.69, 9.17) is 14.6 Å². The van der Waals surface area contributed by atoms with Gasteiger partial charge in [-0.2, -0.15) is 0 Å². The smallest absolute Gasteiger partial charge is 0.303 e. The van der Waals surface area contributed by atoms with Crippen LogP contribution in [0.1, 0.15) is 86.0 Å². The maximum absolute atomic E-state index is 12.1. The lowest BCUT2D eigenvalue weighted by molar-refractivity contribution is -0.253. The number of nitrogens with zero attached hydrogens (tertiary/aromatic N) is 1. The fraction of sp³-hybridized carbons (Fsp3) is 0.533. The fourth-order valence-electron chi connectivity index (χ4n) is 5.11. The summed E-state index contributed by atoms with van der Waals surface area (Å²) >= 11 is 0. The number of hydrogen-bond acceptors (Lipinski definition) is 6. The number of nitrogens with one attached hydrogen (secondary N) is 1. The Kier molecular flexibility index (Phi) is 10.7. The molecular formula is C30H40N2O6. The summed E-state index contributed by atoms with van der Waals surface area (Å²) < 4.78 is 12.9. The SMILES string of the molecule is O=C(O)CCCCC(=O)NCc1ccc(C2OC(CN3CCCCC3)CC(c3ccc(CO)cc3)O2)cc1. The van der Waals surface area contributed by atoms with E-state index in [0.29, 0.717) is 25.8 Å². The standard InChI is InChI=1S/C30H40N2O6/c33-21-23-10-12-24(13-11-23)27-18-26(20-32-16-4-1-5-17-32)37-30(38-27)25-14-8-22(9-15-25)19-31-28(34)6-2-3-7-29(35)36/h8-15,26-27,30,33H,1-7,16-21H2,(H,31,34)(H,35,36). The first-order valence-electron chi connectivity index (χ1n) is 13.8. The number of hydrogen-bond donors (Lipinski definition) is 3. The Morgan fingerprint density at radius 3 is 2.21 bits per heavy atom. The van der Waals surface area contributed by atoms with Crippen molar-refractivity contribution >= 4 is 11.9 Å². The number of carbonyl (C=O) groups excluding carboxylic acids is 1. The summed E-state index contributed by atoms with van der Waals surface area (Å²) in [6, 6.07) is 15.9. The van der Waals surface area contributed by atoms with Gasteiger partial charge < -0.3 is 29.9 Å². The largest absolute Gasteiger partial charge is 0.481 e. The van der Waals surface area contributed by atoms with Gasteiger partial charge in [0.2, 0.25) is 5.91 Å². The third-order valence-electron chi connectivity index (χ3n) is 7.31. The van der Waals surface area contributed by atoms with Gasteiger partial charge in [0.25, 0.3) is 0 Å². The van der Waals surface area contributed by atoms with E-state index in [2.05, 4.69) is 10.2 Å². The van der Waals surface area contributed by atoms with Crippen molar-refractivity contribution in [3.05, 3.63) is 70.8 Å². The number of rotatable bonds is 12. The molecule has 3 N–H and O–H groups in total. The van der Waals surface area contributed by atoms with Gasteiger partial charge in [0, 0.05) is 37.9 Å². The molecule has 2 fully saturated rings. The Labute approximate surface area is 224 Å². The molecule has 4 rings (SSSR count). The van der Waals surface area contributed by atoms with Crippen LogP contribution in [0.2, 0.25) is 0 Å². The van der Waals surface area contributed by atoms with Crippen LogP contribution >= 0.6 is 0 Å². The highest BCUT2D eigenvalue weighted by Crippen LogP contribution is 2.38. The number of ether oxygens (including phenoxy) is 2. The summed E-state index contributed by atoms with van der Waals surface area (Å²) in [5.41, 5.74) is 3.88. The zero-order valence-corrected chi connectivity index (χ0v) is 22.0. The minimum Gasteiger partial charge on any atom is -0.481 e. The number of aliphatic carboxylic acids is 1. The van der Waals surface area contributed by atoms with Crippen molar-refractivity contribution in [2.45, 2.75) is 83.0 Å². The van der Waals surface area contributed by atoms with Crippen molar-refractivity contribution in [2.75, 3.05) is 19.6 Å². The molecule has 2 aromatic carbocycles. The molecule has 8 heteroatoms. The molecule has 206 valence electrons. The quantitative estimate of drug-likeness (QED) is 0.352.